The molecule has 2 heterocycles. The van der Waals surface area contributed by atoms with E-state index in [1.165, 1.54) is 12.8 Å². The fourth-order valence-electron chi connectivity index (χ4n) is 1.80. The molecule has 5 heteroatoms. The van der Waals surface area contributed by atoms with Crippen molar-refractivity contribution in [2.45, 2.75) is 38.9 Å². The summed E-state index contributed by atoms with van der Waals surface area (Å²) in [5, 5.41) is 6.73. The zero-order valence-electron chi connectivity index (χ0n) is 9.89. The van der Waals surface area contributed by atoms with E-state index in [9.17, 15) is 0 Å². The van der Waals surface area contributed by atoms with E-state index in [0.29, 0.717) is 0 Å². The van der Waals surface area contributed by atoms with Gasteiger partial charge in [-0.15, -0.1) is 11.3 Å². The Bertz CT molecular complexity index is 498. The van der Waals surface area contributed by atoms with Gasteiger partial charge in [0, 0.05) is 29.5 Å². The Balaban J connectivity index is 1.67. The molecule has 1 saturated carbocycles. The fourth-order valence-corrected chi connectivity index (χ4v) is 2.56. The molecule has 0 atom stereocenters. The van der Waals surface area contributed by atoms with Gasteiger partial charge in [0.15, 0.2) is 0 Å². The van der Waals surface area contributed by atoms with Gasteiger partial charge in [0.25, 0.3) is 0 Å². The molecule has 0 aliphatic heterocycles. The van der Waals surface area contributed by atoms with Crippen molar-refractivity contribution in [3.05, 3.63) is 34.3 Å². The minimum Gasteiger partial charge on any atom is -0.327 e. The Morgan fingerprint density at radius 3 is 3.12 bits per heavy atom. The summed E-state index contributed by atoms with van der Waals surface area (Å²) in [6.45, 7) is 3.73. The molecule has 0 unspecified atom stereocenters. The topological polar surface area (TPSA) is 42.7 Å². The zero-order valence-corrected chi connectivity index (χ0v) is 10.7. The second kappa shape index (κ2) is 4.58. The first-order valence-electron chi connectivity index (χ1n) is 5.95. The van der Waals surface area contributed by atoms with Crippen LogP contribution in [0.1, 0.15) is 29.4 Å². The predicted octanol–water partition coefficient (Wildman–Crippen LogP) is 1.95. The van der Waals surface area contributed by atoms with Crippen LogP contribution in [-0.2, 0) is 13.1 Å². The first-order valence-corrected chi connectivity index (χ1v) is 6.83. The molecule has 0 amide bonds. The van der Waals surface area contributed by atoms with Crippen LogP contribution in [0.2, 0.25) is 0 Å². The second-order valence-corrected chi connectivity index (χ2v) is 5.45. The van der Waals surface area contributed by atoms with E-state index >= 15 is 0 Å². The van der Waals surface area contributed by atoms with Gasteiger partial charge in [-0.1, -0.05) is 0 Å². The van der Waals surface area contributed by atoms with Crippen LogP contribution >= 0.6 is 11.3 Å². The highest BCUT2D eigenvalue weighted by molar-refractivity contribution is 7.09. The monoisotopic (exact) mass is 248 g/mol. The molecule has 1 aliphatic rings. The fraction of sp³-hybridized carbons (Fsp3) is 0.500. The number of thiazole rings is 1. The number of hydrogen-bond acceptors (Lipinski definition) is 4. The standard InChI is InChI=1S/C12H16N4S/c1-9-8-17-12(15-9)7-16-5-4-13-11(16)6-14-10-2-3-10/h4-5,8,10,14H,2-3,6-7H2,1H3. The smallest absolute Gasteiger partial charge is 0.123 e. The summed E-state index contributed by atoms with van der Waals surface area (Å²) in [4.78, 5) is 8.88. The molecule has 1 fully saturated rings. The molecule has 1 N–H and O–H groups in total. The van der Waals surface area contributed by atoms with Crippen LogP contribution in [0.15, 0.2) is 17.8 Å². The molecule has 0 aromatic carbocycles. The molecule has 0 bridgehead atoms. The maximum atomic E-state index is 4.48. The number of aryl methyl sites for hydroxylation is 1. The van der Waals surface area contributed by atoms with E-state index in [2.05, 4.69) is 25.2 Å². The van der Waals surface area contributed by atoms with E-state index < -0.39 is 0 Å². The average Bonchev–Trinajstić information content (AvgIpc) is 2.90. The van der Waals surface area contributed by atoms with Gasteiger partial charge >= 0.3 is 0 Å². The van der Waals surface area contributed by atoms with Gasteiger partial charge in [0.2, 0.25) is 0 Å². The molecule has 0 saturated heterocycles. The Hall–Kier alpha value is -1.20. The maximum Gasteiger partial charge on any atom is 0.123 e. The highest BCUT2D eigenvalue weighted by atomic mass is 32.1. The Kier molecular flexibility index (Phi) is 2.94. The average molecular weight is 248 g/mol. The lowest BCUT2D eigenvalue weighted by atomic mass is 10.5. The molecule has 1 aliphatic carbocycles. The highest BCUT2D eigenvalue weighted by Crippen LogP contribution is 2.19. The number of nitrogens with zero attached hydrogens (tertiary/aromatic N) is 3. The van der Waals surface area contributed by atoms with Gasteiger partial charge < -0.3 is 9.88 Å². The van der Waals surface area contributed by atoms with Crippen LogP contribution in [0.25, 0.3) is 0 Å². The molecule has 17 heavy (non-hydrogen) atoms. The molecular weight excluding hydrogens is 232 g/mol. The first-order chi connectivity index (χ1) is 8.31. The number of imidazole rings is 1. The summed E-state index contributed by atoms with van der Waals surface area (Å²) < 4.78 is 2.17. The summed E-state index contributed by atoms with van der Waals surface area (Å²) in [7, 11) is 0. The zero-order chi connectivity index (χ0) is 11.7. The minimum atomic E-state index is 0.724. The molecule has 90 valence electrons. The normalized spacial score (nSPS) is 15.4. The minimum absolute atomic E-state index is 0.724. The Morgan fingerprint density at radius 1 is 1.53 bits per heavy atom. The molecule has 0 radical (unpaired) electrons. The molecule has 2 aromatic rings. The maximum absolute atomic E-state index is 4.48. The summed E-state index contributed by atoms with van der Waals surface area (Å²) in [6, 6.07) is 0.724. The van der Waals surface area contributed by atoms with Crippen LogP contribution in [0, 0.1) is 6.92 Å². The van der Waals surface area contributed by atoms with E-state index in [1.807, 2.05) is 19.3 Å². The van der Waals surface area contributed by atoms with E-state index in [0.717, 1.165) is 35.7 Å². The quantitative estimate of drug-likeness (QED) is 0.879. The number of nitrogens with one attached hydrogen (secondary N) is 1. The van der Waals surface area contributed by atoms with E-state index in [-0.39, 0.29) is 0 Å². The Labute approximate surface area is 105 Å². The number of aromatic nitrogens is 3. The van der Waals surface area contributed by atoms with E-state index in [4.69, 9.17) is 0 Å². The van der Waals surface area contributed by atoms with Gasteiger partial charge in [0.1, 0.15) is 10.8 Å². The van der Waals surface area contributed by atoms with Gasteiger partial charge in [0.05, 0.1) is 13.1 Å². The SMILES string of the molecule is Cc1csc(Cn2ccnc2CNC2CC2)n1. The lowest BCUT2D eigenvalue weighted by Crippen LogP contribution is -2.19. The largest absolute Gasteiger partial charge is 0.327 e. The summed E-state index contributed by atoms with van der Waals surface area (Å²) in [6.07, 6.45) is 6.52. The van der Waals surface area contributed by atoms with Crippen molar-refractivity contribution in [2.75, 3.05) is 0 Å². The van der Waals surface area contributed by atoms with Crippen LogP contribution in [0.3, 0.4) is 0 Å². The van der Waals surface area contributed by atoms with Gasteiger partial charge in [-0.25, -0.2) is 9.97 Å². The van der Waals surface area contributed by atoms with Crippen molar-refractivity contribution in [3.8, 4) is 0 Å². The number of hydrogen-bond donors (Lipinski definition) is 1. The van der Waals surface area contributed by atoms with Crippen molar-refractivity contribution in [1.82, 2.24) is 19.9 Å². The first kappa shape index (κ1) is 10.9. The highest BCUT2D eigenvalue weighted by Gasteiger charge is 2.20. The van der Waals surface area contributed by atoms with Crippen LogP contribution in [-0.4, -0.2) is 20.6 Å². The summed E-state index contributed by atoms with van der Waals surface area (Å²) >= 11 is 1.71. The lowest BCUT2D eigenvalue weighted by Gasteiger charge is -2.06. The third-order valence-corrected chi connectivity index (χ3v) is 3.85. The van der Waals surface area contributed by atoms with Crippen molar-refractivity contribution in [1.29, 1.82) is 0 Å². The van der Waals surface area contributed by atoms with Crippen molar-refractivity contribution in [2.24, 2.45) is 0 Å². The summed E-state index contributed by atoms with van der Waals surface area (Å²) in [5.41, 5.74) is 1.10. The molecule has 4 nitrogen and oxygen atoms in total. The van der Waals surface area contributed by atoms with Crippen LogP contribution in [0.4, 0.5) is 0 Å². The van der Waals surface area contributed by atoms with Crippen LogP contribution in [0.5, 0.6) is 0 Å². The summed E-state index contributed by atoms with van der Waals surface area (Å²) in [5.74, 6) is 1.10. The third-order valence-electron chi connectivity index (χ3n) is 2.90. The van der Waals surface area contributed by atoms with E-state index in [1.54, 1.807) is 11.3 Å². The van der Waals surface area contributed by atoms with Gasteiger partial charge in [-0.05, 0) is 19.8 Å². The third kappa shape index (κ3) is 2.73. The van der Waals surface area contributed by atoms with Crippen molar-refractivity contribution >= 4 is 11.3 Å². The van der Waals surface area contributed by atoms with Gasteiger partial charge in [-0.2, -0.15) is 0 Å². The molecule has 2 aromatic heterocycles. The van der Waals surface area contributed by atoms with Crippen LogP contribution < -0.4 is 5.32 Å². The van der Waals surface area contributed by atoms with Crippen molar-refractivity contribution < 1.29 is 0 Å². The lowest BCUT2D eigenvalue weighted by molar-refractivity contribution is 0.617. The molecule has 0 spiro atoms. The predicted molar refractivity (Wildman–Crippen MR) is 68.0 cm³/mol. The number of rotatable bonds is 5. The Morgan fingerprint density at radius 2 is 2.41 bits per heavy atom. The second-order valence-electron chi connectivity index (χ2n) is 4.51. The van der Waals surface area contributed by atoms with Crippen molar-refractivity contribution in [3.63, 3.8) is 0 Å². The molecule has 3 rings (SSSR count). The molecular formula is C12H16N4S. The van der Waals surface area contributed by atoms with Gasteiger partial charge in [-0.3, -0.25) is 0 Å².